The van der Waals surface area contributed by atoms with Crippen molar-refractivity contribution in [1.82, 2.24) is 10.3 Å². The van der Waals surface area contributed by atoms with E-state index in [2.05, 4.69) is 45.8 Å². The predicted octanol–water partition coefficient (Wildman–Crippen LogP) is 5.30. The molecule has 0 spiro atoms. The van der Waals surface area contributed by atoms with Crippen molar-refractivity contribution in [3.8, 4) is 5.75 Å². The minimum atomic E-state index is -0.207. The number of carbonyl (C=O) groups excluding carboxylic acids is 1. The zero-order valence-electron chi connectivity index (χ0n) is 20.0. The molecule has 0 aliphatic carbocycles. The number of nitrogens with zero attached hydrogens (tertiary/aromatic N) is 2. The number of amides is 1. The zero-order valence-corrected chi connectivity index (χ0v) is 20.0. The summed E-state index contributed by atoms with van der Waals surface area (Å²) in [6, 6.07) is 26.2. The fourth-order valence-electron chi connectivity index (χ4n) is 4.41. The third-order valence-corrected chi connectivity index (χ3v) is 6.53. The third-order valence-electron chi connectivity index (χ3n) is 6.53. The lowest BCUT2D eigenvalue weighted by atomic mass is 9.90. The SMILES string of the molecule is COc1ccc(/C(C)=N\NC(=O)c2ccc(CN3CCC(Cc4ccccc4)CC3)cc2)cc1. The van der Waals surface area contributed by atoms with Crippen molar-refractivity contribution in [2.45, 2.75) is 32.7 Å². The predicted molar refractivity (Wildman–Crippen MR) is 137 cm³/mol. The Morgan fingerprint density at radius 2 is 1.56 bits per heavy atom. The van der Waals surface area contributed by atoms with Crippen LogP contribution in [0.25, 0.3) is 0 Å². The first-order valence-corrected chi connectivity index (χ1v) is 11.9. The van der Waals surface area contributed by atoms with Crippen LogP contribution in [-0.2, 0) is 13.0 Å². The number of likely N-dealkylation sites (tertiary alicyclic amines) is 1. The smallest absolute Gasteiger partial charge is 0.271 e. The van der Waals surface area contributed by atoms with Crippen LogP contribution in [0.2, 0.25) is 0 Å². The Morgan fingerprint density at radius 3 is 2.21 bits per heavy atom. The second-order valence-electron chi connectivity index (χ2n) is 8.97. The molecule has 3 aromatic rings. The van der Waals surface area contributed by atoms with E-state index in [4.69, 9.17) is 4.74 Å². The molecule has 0 aromatic heterocycles. The van der Waals surface area contributed by atoms with Gasteiger partial charge in [-0.05, 0) is 98.3 Å². The summed E-state index contributed by atoms with van der Waals surface area (Å²) in [4.78, 5) is 15.0. The van der Waals surface area contributed by atoms with Crippen LogP contribution in [0.3, 0.4) is 0 Å². The van der Waals surface area contributed by atoms with Crippen LogP contribution in [-0.4, -0.2) is 36.7 Å². The van der Waals surface area contributed by atoms with Crippen LogP contribution in [0.1, 0.15) is 46.8 Å². The Bertz CT molecular complexity index is 1080. The van der Waals surface area contributed by atoms with Gasteiger partial charge < -0.3 is 4.74 Å². The summed E-state index contributed by atoms with van der Waals surface area (Å²) in [6.07, 6.45) is 3.65. The van der Waals surface area contributed by atoms with Crippen molar-refractivity contribution in [3.63, 3.8) is 0 Å². The molecule has 3 aromatic carbocycles. The lowest BCUT2D eigenvalue weighted by Gasteiger charge is -2.32. The molecule has 1 fully saturated rings. The highest BCUT2D eigenvalue weighted by Crippen LogP contribution is 2.23. The Morgan fingerprint density at radius 1 is 0.912 bits per heavy atom. The van der Waals surface area contributed by atoms with Crippen LogP contribution in [0.5, 0.6) is 5.75 Å². The van der Waals surface area contributed by atoms with E-state index < -0.39 is 0 Å². The van der Waals surface area contributed by atoms with E-state index in [9.17, 15) is 4.79 Å². The molecule has 0 bridgehead atoms. The molecule has 1 heterocycles. The van der Waals surface area contributed by atoms with Gasteiger partial charge in [-0.1, -0.05) is 42.5 Å². The van der Waals surface area contributed by atoms with Crippen molar-refractivity contribution >= 4 is 11.6 Å². The third kappa shape index (κ3) is 6.55. The number of hydrogen-bond donors (Lipinski definition) is 1. The number of carbonyl (C=O) groups is 1. The van der Waals surface area contributed by atoms with Crippen LogP contribution >= 0.6 is 0 Å². The Labute approximate surface area is 202 Å². The van der Waals surface area contributed by atoms with Crippen molar-refractivity contribution in [2.24, 2.45) is 11.0 Å². The van der Waals surface area contributed by atoms with Gasteiger partial charge in [0.2, 0.25) is 0 Å². The number of piperidine rings is 1. The van der Waals surface area contributed by atoms with Crippen LogP contribution < -0.4 is 10.2 Å². The highest BCUT2D eigenvalue weighted by atomic mass is 16.5. The molecule has 5 nitrogen and oxygen atoms in total. The number of ether oxygens (including phenoxy) is 1. The van der Waals surface area contributed by atoms with Crippen molar-refractivity contribution in [3.05, 3.63) is 101 Å². The zero-order chi connectivity index (χ0) is 23.8. The van der Waals surface area contributed by atoms with E-state index in [0.29, 0.717) is 5.56 Å². The molecule has 1 aliphatic rings. The number of hydrogen-bond acceptors (Lipinski definition) is 4. The van der Waals surface area contributed by atoms with Crippen LogP contribution in [0.4, 0.5) is 0 Å². The maximum absolute atomic E-state index is 12.5. The van der Waals surface area contributed by atoms with Crippen molar-refractivity contribution in [1.29, 1.82) is 0 Å². The molecular formula is C29H33N3O2. The van der Waals surface area contributed by atoms with E-state index in [0.717, 1.165) is 42.6 Å². The summed E-state index contributed by atoms with van der Waals surface area (Å²) in [7, 11) is 1.64. The van der Waals surface area contributed by atoms with Crippen LogP contribution in [0, 0.1) is 5.92 Å². The number of methoxy groups -OCH3 is 1. The standard InChI is InChI=1S/C29H33N3O2/c1-22(26-12-14-28(34-2)15-13-26)30-31-29(33)27-10-8-25(9-11-27)21-32-18-16-24(17-19-32)20-23-6-4-3-5-7-23/h3-15,24H,16-21H2,1-2H3,(H,31,33)/b30-22-. The van der Waals surface area contributed by atoms with Gasteiger partial charge in [0.1, 0.15) is 5.75 Å². The summed E-state index contributed by atoms with van der Waals surface area (Å²) >= 11 is 0. The van der Waals surface area contributed by atoms with E-state index in [1.54, 1.807) is 7.11 Å². The van der Waals surface area contributed by atoms with Gasteiger partial charge in [-0.15, -0.1) is 0 Å². The summed E-state index contributed by atoms with van der Waals surface area (Å²) in [5.41, 5.74) is 7.62. The van der Waals surface area contributed by atoms with E-state index in [1.807, 2.05) is 55.5 Å². The molecule has 0 radical (unpaired) electrons. The van der Waals surface area contributed by atoms with E-state index in [-0.39, 0.29) is 5.91 Å². The molecule has 176 valence electrons. The van der Waals surface area contributed by atoms with Gasteiger partial charge in [0.15, 0.2) is 0 Å². The van der Waals surface area contributed by atoms with E-state index in [1.165, 1.54) is 30.4 Å². The van der Waals surface area contributed by atoms with Crippen molar-refractivity contribution in [2.75, 3.05) is 20.2 Å². The largest absolute Gasteiger partial charge is 0.497 e. The molecule has 1 aliphatic heterocycles. The second kappa shape index (κ2) is 11.6. The summed E-state index contributed by atoms with van der Waals surface area (Å²) in [5, 5.41) is 4.25. The minimum Gasteiger partial charge on any atom is -0.497 e. The lowest BCUT2D eigenvalue weighted by Crippen LogP contribution is -2.33. The molecule has 0 saturated carbocycles. The van der Waals surface area contributed by atoms with Gasteiger partial charge in [-0.3, -0.25) is 9.69 Å². The fourth-order valence-corrected chi connectivity index (χ4v) is 4.41. The molecule has 5 heteroatoms. The molecule has 0 atom stereocenters. The average Bonchev–Trinajstić information content (AvgIpc) is 2.89. The van der Waals surface area contributed by atoms with Crippen LogP contribution in [0.15, 0.2) is 84.0 Å². The second-order valence-corrected chi connectivity index (χ2v) is 8.97. The van der Waals surface area contributed by atoms with Gasteiger partial charge in [-0.2, -0.15) is 5.10 Å². The fraction of sp³-hybridized carbons (Fsp3) is 0.310. The highest BCUT2D eigenvalue weighted by Gasteiger charge is 2.19. The molecular weight excluding hydrogens is 422 g/mol. The minimum absolute atomic E-state index is 0.207. The maximum atomic E-state index is 12.5. The summed E-state index contributed by atoms with van der Waals surface area (Å²) < 4.78 is 5.18. The highest BCUT2D eigenvalue weighted by molar-refractivity contribution is 6.00. The Hall–Kier alpha value is -3.44. The first-order valence-electron chi connectivity index (χ1n) is 11.9. The number of rotatable bonds is 8. The molecule has 1 amide bonds. The molecule has 34 heavy (non-hydrogen) atoms. The van der Waals surface area contributed by atoms with Gasteiger partial charge in [0, 0.05) is 12.1 Å². The van der Waals surface area contributed by atoms with Crippen molar-refractivity contribution < 1.29 is 9.53 Å². The molecule has 4 rings (SSSR count). The number of benzene rings is 3. The van der Waals surface area contributed by atoms with Gasteiger partial charge in [-0.25, -0.2) is 5.43 Å². The quantitative estimate of drug-likeness (QED) is 0.370. The molecule has 1 N–H and O–H groups in total. The maximum Gasteiger partial charge on any atom is 0.271 e. The average molecular weight is 456 g/mol. The van der Waals surface area contributed by atoms with Gasteiger partial charge in [0.05, 0.1) is 12.8 Å². The molecule has 1 saturated heterocycles. The van der Waals surface area contributed by atoms with Gasteiger partial charge in [0.25, 0.3) is 5.91 Å². The first kappa shape index (κ1) is 23.7. The molecule has 0 unspecified atom stereocenters. The topological polar surface area (TPSA) is 53.9 Å². The lowest BCUT2D eigenvalue weighted by molar-refractivity contribution is 0.0955. The number of nitrogens with one attached hydrogen (secondary N) is 1. The summed E-state index contributed by atoms with van der Waals surface area (Å²) in [5.74, 6) is 1.35. The Kier molecular flexibility index (Phi) is 8.10. The van der Waals surface area contributed by atoms with E-state index >= 15 is 0 Å². The Balaban J connectivity index is 1.24. The first-order chi connectivity index (χ1) is 16.6. The normalized spacial score (nSPS) is 15.2. The monoisotopic (exact) mass is 455 g/mol. The number of hydrazone groups is 1. The van der Waals surface area contributed by atoms with Gasteiger partial charge >= 0.3 is 0 Å². The summed E-state index contributed by atoms with van der Waals surface area (Å²) in [6.45, 7) is 5.04.